The molecule has 160 valence electrons. The van der Waals surface area contributed by atoms with Gasteiger partial charge in [-0.3, -0.25) is 14.2 Å². The van der Waals surface area contributed by atoms with Crippen molar-refractivity contribution in [3.8, 4) is 11.3 Å². The molecule has 0 saturated heterocycles. The van der Waals surface area contributed by atoms with Gasteiger partial charge in [0.1, 0.15) is 11.3 Å². The number of hydrogen-bond acceptors (Lipinski definition) is 8. The van der Waals surface area contributed by atoms with Crippen molar-refractivity contribution < 1.29 is 9.63 Å². The third kappa shape index (κ3) is 3.82. The summed E-state index contributed by atoms with van der Waals surface area (Å²) in [5.41, 5.74) is 7.15. The monoisotopic (exact) mass is 414 g/mol. The van der Waals surface area contributed by atoms with Crippen LogP contribution >= 0.6 is 0 Å². The Hall–Kier alpha value is -3.50. The van der Waals surface area contributed by atoms with Gasteiger partial charge in [0.15, 0.2) is 0 Å². The van der Waals surface area contributed by atoms with Crippen LogP contribution in [0.1, 0.15) is 46.4 Å². The molecule has 11 heteroatoms. The van der Waals surface area contributed by atoms with Gasteiger partial charge in [-0.2, -0.15) is 4.98 Å². The van der Waals surface area contributed by atoms with E-state index in [1.165, 1.54) is 15.7 Å². The largest absolute Gasteiger partial charge is 0.436 e. The molecule has 0 unspecified atom stereocenters. The zero-order valence-corrected chi connectivity index (χ0v) is 17.9. The lowest BCUT2D eigenvalue weighted by molar-refractivity contribution is 0.0697. The van der Waals surface area contributed by atoms with Crippen LogP contribution in [-0.4, -0.2) is 53.3 Å². The van der Waals surface area contributed by atoms with E-state index in [4.69, 9.17) is 10.6 Å². The van der Waals surface area contributed by atoms with Gasteiger partial charge in [0.25, 0.3) is 5.56 Å². The average Bonchev–Trinajstić information content (AvgIpc) is 3.09. The topological polar surface area (TPSA) is 134 Å². The van der Waals surface area contributed by atoms with Crippen LogP contribution < -0.4 is 16.1 Å². The Kier molecular flexibility index (Phi) is 5.72. The predicted octanol–water partition coefficient (Wildman–Crippen LogP) is 1.80. The van der Waals surface area contributed by atoms with Crippen LogP contribution in [0.2, 0.25) is 0 Å². The minimum atomic E-state index is -0.554. The first-order valence-corrected chi connectivity index (χ1v) is 9.75. The molecule has 0 fully saturated rings. The fourth-order valence-corrected chi connectivity index (χ4v) is 3.29. The van der Waals surface area contributed by atoms with E-state index in [0.29, 0.717) is 28.8 Å². The molecule has 0 spiro atoms. The van der Waals surface area contributed by atoms with Crippen LogP contribution in [0.4, 0.5) is 10.7 Å². The summed E-state index contributed by atoms with van der Waals surface area (Å²) in [5.74, 6) is 0.102. The van der Waals surface area contributed by atoms with Gasteiger partial charge in [0, 0.05) is 24.0 Å². The first-order valence-electron chi connectivity index (χ1n) is 9.75. The molecule has 0 bridgehead atoms. The quantitative estimate of drug-likeness (QED) is 0.625. The highest BCUT2D eigenvalue weighted by atomic mass is 16.7. The summed E-state index contributed by atoms with van der Waals surface area (Å²) in [4.78, 5) is 41.7. The van der Waals surface area contributed by atoms with Crippen LogP contribution in [0.25, 0.3) is 22.3 Å². The Morgan fingerprint density at radius 1 is 1.27 bits per heavy atom. The molecule has 3 aromatic heterocycles. The van der Waals surface area contributed by atoms with E-state index < -0.39 is 6.09 Å². The molecule has 3 heterocycles. The second-order valence-corrected chi connectivity index (χ2v) is 7.47. The normalized spacial score (nSPS) is 11.5. The third-order valence-electron chi connectivity index (χ3n) is 4.74. The van der Waals surface area contributed by atoms with Gasteiger partial charge in [-0.15, -0.1) is 5.10 Å². The maximum absolute atomic E-state index is 13.2. The zero-order valence-electron chi connectivity index (χ0n) is 17.9. The number of pyridine rings is 1. The van der Waals surface area contributed by atoms with Crippen LogP contribution in [0, 0.1) is 6.92 Å². The standard InChI is InChI=1S/C19H26N8O3/c1-7-25(10(2)3)19(29)30-26-9-15(23-24-26)14-8-13-12(6)21-18(20)22-16(13)27(11(4)5)17(14)28/h8-11H,7H2,1-6H3,(H2,20,21,22). The molecule has 0 aliphatic rings. The second-order valence-electron chi connectivity index (χ2n) is 7.47. The molecule has 0 aliphatic heterocycles. The summed E-state index contributed by atoms with van der Waals surface area (Å²) < 4.78 is 1.54. The van der Waals surface area contributed by atoms with E-state index in [1.807, 2.05) is 34.6 Å². The highest BCUT2D eigenvalue weighted by Gasteiger charge is 2.21. The molecule has 3 rings (SSSR count). The number of aryl methyl sites for hydroxylation is 1. The highest BCUT2D eigenvalue weighted by Crippen LogP contribution is 2.23. The summed E-state index contributed by atoms with van der Waals surface area (Å²) in [5, 5.41) is 8.54. The van der Waals surface area contributed by atoms with Crippen molar-refractivity contribution in [1.29, 1.82) is 0 Å². The van der Waals surface area contributed by atoms with Crippen LogP contribution in [0.3, 0.4) is 0 Å². The number of nitrogens with zero attached hydrogens (tertiary/aromatic N) is 7. The average molecular weight is 414 g/mol. The van der Waals surface area contributed by atoms with E-state index >= 15 is 0 Å². The smallest absolute Gasteiger partial charge is 0.368 e. The van der Waals surface area contributed by atoms with E-state index in [0.717, 1.165) is 4.85 Å². The lowest BCUT2D eigenvalue weighted by Gasteiger charge is -2.23. The lowest BCUT2D eigenvalue weighted by Crippen LogP contribution is -2.41. The van der Waals surface area contributed by atoms with Gasteiger partial charge in [-0.1, -0.05) is 4.85 Å². The van der Waals surface area contributed by atoms with Crippen molar-refractivity contribution in [1.82, 2.24) is 34.6 Å². The van der Waals surface area contributed by atoms with Crippen molar-refractivity contribution in [2.24, 2.45) is 0 Å². The predicted molar refractivity (Wildman–Crippen MR) is 112 cm³/mol. The molecule has 3 aromatic rings. The van der Waals surface area contributed by atoms with E-state index in [9.17, 15) is 9.59 Å². The molecule has 0 radical (unpaired) electrons. The number of fused-ring (bicyclic) bond motifs is 1. The van der Waals surface area contributed by atoms with Crippen LogP contribution in [-0.2, 0) is 0 Å². The number of nitrogen functional groups attached to an aromatic ring is 1. The van der Waals surface area contributed by atoms with Gasteiger partial charge in [-0.25, -0.2) is 9.78 Å². The number of nitrogens with two attached hydrogens (primary N) is 1. The van der Waals surface area contributed by atoms with Crippen molar-refractivity contribution >= 4 is 23.1 Å². The second kappa shape index (κ2) is 8.09. The summed E-state index contributed by atoms with van der Waals surface area (Å²) in [7, 11) is 0. The van der Waals surface area contributed by atoms with Gasteiger partial charge < -0.3 is 10.6 Å². The maximum Gasteiger partial charge on any atom is 0.436 e. The lowest BCUT2D eigenvalue weighted by atomic mass is 10.1. The summed E-state index contributed by atoms with van der Waals surface area (Å²) in [6.45, 7) is 11.7. The number of rotatable bonds is 5. The molecular weight excluding hydrogens is 388 g/mol. The van der Waals surface area contributed by atoms with Crippen molar-refractivity contribution in [2.45, 2.75) is 53.6 Å². The van der Waals surface area contributed by atoms with E-state index in [1.54, 1.807) is 13.0 Å². The first-order chi connectivity index (χ1) is 14.1. The zero-order chi connectivity index (χ0) is 22.2. The highest BCUT2D eigenvalue weighted by molar-refractivity contribution is 5.83. The molecule has 0 aromatic carbocycles. The summed E-state index contributed by atoms with van der Waals surface area (Å²) in [6.07, 6.45) is 0.842. The Morgan fingerprint density at radius 3 is 2.57 bits per heavy atom. The maximum atomic E-state index is 13.2. The fraction of sp³-hybridized carbons (Fsp3) is 0.474. The molecule has 2 N–H and O–H groups in total. The Balaban J connectivity index is 2.07. The van der Waals surface area contributed by atoms with Crippen molar-refractivity contribution in [3.05, 3.63) is 28.3 Å². The Bertz CT molecular complexity index is 1150. The van der Waals surface area contributed by atoms with E-state index in [-0.39, 0.29) is 29.3 Å². The van der Waals surface area contributed by atoms with Crippen LogP contribution in [0.5, 0.6) is 0 Å². The summed E-state index contributed by atoms with van der Waals surface area (Å²) in [6, 6.07) is 1.46. The minimum Gasteiger partial charge on any atom is -0.368 e. The Morgan fingerprint density at radius 2 is 1.97 bits per heavy atom. The molecule has 0 aliphatic carbocycles. The van der Waals surface area contributed by atoms with Gasteiger partial charge in [0.05, 0.1) is 17.5 Å². The molecule has 30 heavy (non-hydrogen) atoms. The number of hydrogen-bond donors (Lipinski definition) is 1. The van der Waals surface area contributed by atoms with E-state index in [2.05, 4.69) is 20.3 Å². The molecule has 0 atom stereocenters. The fourth-order valence-electron chi connectivity index (χ4n) is 3.29. The minimum absolute atomic E-state index is 0.0281. The van der Waals surface area contributed by atoms with Gasteiger partial charge in [0.2, 0.25) is 5.95 Å². The number of carbonyl (C=O) groups excluding carboxylic acids is 1. The third-order valence-corrected chi connectivity index (χ3v) is 4.74. The summed E-state index contributed by atoms with van der Waals surface area (Å²) >= 11 is 0. The molecule has 0 saturated carbocycles. The van der Waals surface area contributed by atoms with Gasteiger partial charge in [-0.05, 0) is 52.8 Å². The first kappa shape index (κ1) is 21.2. The number of anilines is 1. The molecular formula is C19H26N8O3. The van der Waals surface area contributed by atoms with Crippen molar-refractivity contribution in [2.75, 3.05) is 12.3 Å². The Labute approximate surface area is 173 Å². The number of aromatic nitrogens is 6. The molecule has 11 nitrogen and oxygen atoms in total. The van der Waals surface area contributed by atoms with Crippen LogP contribution in [0.15, 0.2) is 17.1 Å². The SMILES string of the molecule is CCN(C(=O)On1cc(-c2cc3c(C)nc(N)nc3n(C(C)C)c2=O)nn1)C(C)C. The molecule has 1 amide bonds. The van der Waals surface area contributed by atoms with Crippen molar-refractivity contribution in [3.63, 3.8) is 0 Å². The van der Waals surface area contributed by atoms with Gasteiger partial charge >= 0.3 is 6.09 Å². The number of amides is 1. The number of carbonyl (C=O) groups is 1.